The highest BCUT2D eigenvalue weighted by Gasteiger charge is 2.48. The van der Waals surface area contributed by atoms with E-state index in [0.717, 1.165) is 25.7 Å². The zero-order valence-electron chi connectivity index (χ0n) is 12.3. The standard InChI is InChI=1S/C15H20N2O4/c1-8-13(9(2)21-16-8)14(18)17-11-6-4-3-5-10(11)7-12(17)15(19)20/h10-12H,3-7H2,1-2H3,(H,19,20). The number of carboxylic acids is 1. The number of fused-ring (bicyclic) bond motifs is 1. The third kappa shape index (κ3) is 2.22. The molecule has 0 radical (unpaired) electrons. The van der Waals surface area contributed by atoms with Crippen LogP contribution in [0.5, 0.6) is 0 Å². The van der Waals surface area contributed by atoms with E-state index in [1.54, 1.807) is 18.7 Å². The van der Waals surface area contributed by atoms with Gasteiger partial charge in [-0.25, -0.2) is 4.79 Å². The van der Waals surface area contributed by atoms with E-state index in [1.165, 1.54) is 0 Å². The van der Waals surface area contributed by atoms with Gasteiger partial charge < -0.3 is 14.5 Å². The number of aryl methyl sites for hydroxylation is 2. The summed E-state index contributed by atoms with van der Waals surface area (Å²) < 4.78 is 5.06. The van der Waals surface area contributed by atoms with E-state index in [9.17, 15) is 14.7 Å². The molecule has 6 heteroatoms. The van der Waals surface area contributed by atoms with Crippen molar-refractivity contribution in [2.24, 2.45) is 5.92 Å². The third-order valence-electron chi connectivity index (χ3n) is 4.85. The highest BCUT2D eigenvalue weighted by atomic mass is 16.5. The van der Waals surface area contributed by atoms with Gasteiger partial charge >= 0.3 is 5.97 Å². The molecule has 1 N–H and O–H groups in total. The first-order valence-electron chi connectivity index (χ1n) is 7.49. The molecule has 1 aliphatic carbocycles. The van der Waals surface area contributed by atoms with Crippen LogP contribution in [0.15, 0.2) is 4.52 Å². The maximum atomic E-state index is 12.9. The summed E-state index contributed by atoms with van der Waals surface area (Å²) in [6.07, 6.45) is 4.65. The molecule has 0 aromatic carbocycles. The Bertz CT molecular complexity index is 561. The van der Waals surface area contributed by atoms with Gasteiger partial charge in [0.25, 0.3) is 5.91 Å². The highest BCUT2D eigenvalue weighted by molar-refractivity contribution is 5.98. The minimum Gasteiger partial charge on any atom is -0.480 e. The van der Waals surface area contributed by atoms with Crippen molar-refractivity contribution < 1.29 is 19.2 Å². The van der Waals surface area contributed by atoms with Crippen molar-refractivity contribution in [2.75, 3.05) is 0 Å². The molecule has 2 fully saturated rings. The molecule has 1 saturated carbocycles. The van der Waals surface area contributed by atoms with E-state index in [0.29, 0.717) is 29.4 Å². The van der Waals surface area contributed by atoms with Crippen molar-refractivity contribution in [2.45, 2.75) is 58.0 Å². The summed E-state index contributed by atoms with van der Waals surface area (Å²) in [4.78, 5) is 26.0. The third-order valence-corrected chi connectivity index (χ3v) is 4.85. The largest absolute Gasteiger partial charge is 0.480 e. The predicted octanol–water partition coefficient (Wildman–Crippen LogP) is 2.15. The molecule has 1 aromatic rings. The SMILES string of the molecule is Cc1noc(C)c1C(=O)N1C(C(=O)O)CC2CCCCC21. The van der Waals surface area contributed by atoms with Crippen LogP contribution in [-0.2, 0) is 4.79 Å². The van der Waals surface area contributed by atoms with Gasteiger partial charge in [-0.3, -0.25) is 4.79 Å². The molecule has 3 unspecified atom stereocenters. The van der Waals surface area contributed by atoms with Crippen LogP contribution in [0.2, 0.25) is 0 Å². The van der Waals surface area contributed by atoms with Gasteiger partial charge in [0, 0.05) is 6.04 Å². The van der Waals surface area contributed by atoms with Crippen LogP contribution in [0.1, 0.15) is 53.9 Å². The van der Waals surface area contributed by atoms with Crippen molar-refractivity contribution in [1.82, 2.24) is 10.1 Å². The molecular weight excluding hydrogens is 272 g/mol. The Balaban J connectivity index is 1.97. The van der Waals surface area contributed by atoms with Crippen molar-refractivity contribution >= 4 is 11.9 Å². The first-order valence-corrected chi connectivity index (χ1v) is 7.49. The number of carbonyl (C=O) groups excluding carboxylic acids is 1. The van der Waals surface area contributed by atoms with Crippen LogP contribution in [0.25, 0.3) is 0 Å². The number of carboxylic acid groups (broad SMARTS) is 1. The molecule has 6 nitrogen and oxygen atoms in total. The number of amides is 1. The lowest BCUT2D eigenvalue weighted by molar-refractivity contribution is -0.141. The van der Waals surface area contributed by atoms with Gasteiger partial charge in [-0.1, -0.05) is 18.0 Å². The summed E-state index contributed by atoms with van der Waals surface area (Å²) in [7, 11) is 0. The number of carbonyl (C=O) groups is 2. The summed E-state index contributed by atoms with van der Waals surface area (Å²) in [6, 6.07) is -0.680. The van der Waals surface area contributed by atoms with Crippen LogP contribution in [0, 0.1) is 19.8 Å². The predicted molar refractivity (Wildman–Crippen MR) is 73.9 cm³/mol. The minimum absolute atomic E-state index is 0.0426. The smallest absolute Gasteiger partial charge is 0.326 e. The summed E-state index contributed by atoms with van der Waals surface area (Å²) >= 11 is 0. The molecule has 1 aliphatic heterocycles. The molecule has 0 bridgehead atoms. The lowest BCUT2D eigenvalue weighted by atomic mass is 9.84. The lowest BCUT2D eigenvalue weighted by Gasteiger charge is -2.32. The fraction of sp³-hybridized carbons (Fsp3) is 0.667. The maximum Gasteiger partial charge on any atom is 0.326 e. The second kappa shape index (κ2) is 5.16. The van der Waals surface area contributed by atoms with E-state index in [-0.39, 0.29) is 11.9 Å². The number of rotatable bonds is 2. The van der Waals surface area contributed by atoms with Gasteiger partial charge in [0.2, 0.25) is 0 Å². The van der Waals surface area contributed by atoms with Crippen LogP contribution >= 0.6 is 0 Å². The normalized spacial score (nSPS) is 28.5. The monoisotopic (exact) mass is 292 g/mol. The number of aromatic nitrogens is 1. The molecule has 3 atom stereocenters. The van der Waals surface area contributed by atoms with E-state index < -0.39 is 12.0 Å². The summed E-state index contributed by atoms with van der Waals surface area (Å²) in [5.74, 6) is -0.386. The van der Waals surface area contributed by atoms with Gasteiger partial charge in [-0.05, 0) is 39.0 Å². The second-order valence-corrected chi connectivity index (χ2v) is 6.11. The topological polar surface area (TPSA) is 83.6 Å². The fourth-order valence-corrected chi connectivity index (χ4v) is 3.89. The van der Waals surface area contributed by atoms with Gasteiger partial charge in [-0.2, -0.15) is 0 Å². The molecule has 114 valence electrons. The molecule has 2 heterocycles. The van der Waals surface area contributed by atoms with Crippen LogP contribution in [-0.4, -0.2) is 39.1 Å². The molecule has 2 aliphatic rings. The van der Waals surface area contributed by atoms with E-state index in [2.05, 4.69) is 5.16 Å². The van der Waals surface area contributed by atoms with Crippen molar-refractivity contribution in [3.05, 3.63) is 17.0 Å². The molecule has 1 aromatic heterocycles. The lowest BCUT2D eigenvalue weighted by Crippen LogP contribution is -2.46. The number of nitrogens with zero attached hydrogens (tertiary/aromatic N) is 2. The number of hydrogen-bond donors (Lipinski definition) is 1. The summed E-state index contributed by atoms with van der Waals surface area (Å²) in [6.45, 7) is 3.41. The Morgan fingerprint density at radius 2 is 2.00 bits per heavy atom. The molecule has 3 rings (SSSR count). The Morgan fingerprint density at radius 1 is 1.29 bits per heavy atom. The first kappa shape index (κ1) is 14.1. The molecule has 0 spiro atoms. The Morgan fingerprint density at radius 3 is 2.62 bits per heavy atom. The number of likely N-dealkylation sites (tertiary alicyclic amines) is 1. The molecule has 21 heavy (non-hydrogen) atoms. The maximum absolute atomic E-state index is 12.9. The van der Waals surface area contributed by atoms with E-state index in [4.69, 9.17) is 4.52 Å². The Labute approximate surface area is 123 Å². The fourth-order valence-electron chi connectivity index (χ4n) is 3.89. The van der Waals surface area contributed by atoms with Gasteiger partial charge in [-0.15, -0.1) is 0 Å². The van der Waals surface area contributed by atoms with Gasteiger partial charge in [0.1, 0.15) is 17.4 Å². The zero-order chi connectivity index (χ0) is 15.1. The van der Waals surface area contributed by atoms with Crippen LogP contribution in [0.4, 0.5) is 0 Å². The number of hydrogen-bond acceptors (Lipinski definition) is 4. The van der Waals surface area contributed by atoms with Gasteiger partial charge in [0.15, 0.2) is 0 Å². The average molecular weight is 292 g/mol. The van der Waals surface area contributed by atoms with Crippen molar-refractivity contribution in [3.8, 4) is 0 Å². The quantitative estimate of drug-likeness (QED) is 0.903. The zero-order valence-corrected chi connectivity index (χ0v) is 12.3. The molecule has 1 saturated heterocycles. The Kier molecular flexibility index (Phi) is 3.47. The van der Waals surface area contributed by atoms with E-state index >= 15 is 0 Å². The minimum atomic E-state index is -0.912. The highest BCUT2D eigenvalue weighted by Crippen LogP contribution is 2.40. The van der Waals surface area contributed by atoms with Crippen LogP contribution in [0.3, 0.4) is 0 Å². The summed E-state index contributed by atoms with van der Waals surface area (Å²) in [5.41, 5.74) is 0.952. The molecule has 1 amide bonds. The van der Waals surface area contributed by atoms with Gasteiger partial charge in [0.05, 0.1) is 5.69 Å². The van der Waals surface area contributed by atoms with Crippen molar-refractivity contribution in [3.63, 3.8) is 0 Å². The first-order chi connectivity index (χ1) is 10.0. The number of aliphatic carboxylic acids is 1. The second-order valence-electron chi connectivity index (χ2n) is 6.11. The van der Waals surface area contributed by atoms with Crippen LogP contribution < -0.4 is 0 Å². The Hall–Kier alpha value is -1.85. The molecular formula is C15H20N2O4. The van der Waals surface area contributed by atoms with Crippen molar-refractivity contribution in [1.29, 1.82) is 0 Å². The summed E-state index contributed by atoms with van der Waals surface area (Å²) in [5, 5.41) is 13.3. The average Bonchev–Trinajstić information content (AvgIpc) is 2.99. The van der Waals surface area contributed by atoms with E-state index in [1.807, 2.05) is 0 Å².